The summed E-state index contributed by atoms with van der Waals surface area (Å²) < 4.78 is 0. The van der Waals surface area contributed by atoms with Gasteiger partial charge in [-0.2, -0.15) is 0 Å². The van der Waals surface area contributed by atoms with Crippen molar-refractivity contribution < 1.29 is 0 Å². The van der Waals surface area contributed by atoms with Crippen molar-refractivity contribution >= 4 is 37.9 Å². The maximum atomic E-state index is 2.34. The first-order valence-electron chi connectivity index (χ1n) is 15.1. The summed E-state index contributed by atoms with van der Waals surface area (Å²) in [6.45, 7) is 10.9. The third-order valence-electron chi connectivity index (χ3n) is 8.62. The predicted octanol–water partition coefficient (Wildman–Crippen LogP) is 12.5. The number of hydrogen-bond acceptors (Lipinski definition) is 0. The van der Waals surface area contributed by atoms with E-state index in [1.54, 1.807) is 0 Å². The summed E-state index contributed by atoms with van der Waals surface area (Å²) in [7, 11) is 0. The van der Waals surface area contributed by atoms with Gasteiger partial charge in [0.15, 0.2) is 0 Å². The highest BCUT2D eigenvalue weighted by atomic mass is 14.2. The molecule has 0 amide bonds. The maximum absolute atomic E-state index is 2.34. The quantitative estimate of drug-likeness (QED) is 0.145. The van der Waals surface area contributed by atoms with Crippen molar-refractivity contribution in [1.82, 2.24) is 0 Å². The number of fused-ring (bicyclic) bond motifs is 3. The average Bonchev–Trinajstić information content (AvgIpc) is 3.03. The van der Waals surface area contributed by atoms with Crippen LogP contribution in [0.2, 0.25) is 0 Å². The fourth-order valence-corrected chi connectivity index (χ4v) is 6.33. The molecule has 0 N–H and O–H groups in total. The topological polar surface area (TPSA) is 0 Å². The number of benzene rings is 6. The highest BCUT2D eigenvalue weighted by Crippen LogP contribution is 2.45. The van der Waals surface area contributed by atoms with E-state index in [1.807, 2.05) is 0 Å². The van der Waals surface area contributed by atoms with Crippen LogP contribution in [0.15, 0.2) is 139 Å². The van der Waals surface area contributed by atoms with Gasteiger partial charge in [0.25, 0.3) is 0 Å². The zero-order valence-corrected chi connectivity index (χ0v) is 25.3. The number of aryl methyl sites for hydroxylation is 1. The second-order valence-electron chi connectivity index (χ2n) is 11.3. The Labute approximate surface area is 250 Å². The van der Waals surface area contributed by atoms with E-state index in [0.717, 1.165) is 6.42 Å². The van der Waals surface area contributed by atoms with E-state index in [1.165, 1.54) is 82.4 Å². The second kappa shape index (κ2) is 11.7. The zero-order chi connectivity index (χ0) is 29.2. The molecule has 0 aliphatic heterocycles. The largest absolute Gasteiger partial charge is 0.0874 e. The molecule has 206 valence electrons. The predicted molar refractivity (Wildman–Crippen MR) is 186 cm³/mol. The van der Waals surface area contributed by atoms with Crippen molar-refractivity contribution in [2.45, 2.75) is 41.0 Å². The second-order valence-corrected chi connectivity index (χ2v) is 11.3. The van der Waals surface area contributed by atoms with Gasteiger partial charge in [-0.25, -0.2) is 0 Å². The summed E-state index contributed by atoms with van der Waals surface area (Å²) in [4.78, 5) is 0. The molecular formula is C42H38. The summed E-state index contributed by atoms with van der Waals surface area (Å²) in [5.74, 6) is 0. The van der Waals surface area contributed by atoms with Crippen molar-refractivity contribution in [1.29, 1.82) is 0 Å². The van der Waals surface area contributed by atoms with Gasteiger partial charge in [0.1, 0.15) is 0 Å². The first-order valence-corrected chi connectivity index (χ1v) is 15.1. The van der Waals surface area contributed by atoms with Crippen molar-refractivity contribution in [2.24, 2.45) is 0 Å². The first-order chi connectivity index (χ1) is 20.5. The van der Waals surface area contributed by atoms with Crippen LogP contribution in [0, 0.1) is 6.92 Å². The van der Waals surface area contributed by atoms with E-state index >= 15 is 0 Å². The molecule has 6 aromatic rings. The fourth-order valence-electron chi connectivity index (χ4n) is 6.33. The Bertz CT molecular complexity index is 1970. The van der Waals surface area contributed by atoms with Crippen LogP contribution in [0.1, 0.15) is 45.2 Å². The van der Waals surface area contributed by atoms with E-state index in [4.69, 9.17) is 0 Å². The lowest BCUT2D eigenvalue weighted by molar-refractivity contribution is 1.10. The fraction of sp³-hybridized carbons (Fsp3) is 0.143. The van der Waals surface area contributed by atoms with Gasteiger partial charge in [0.2, 0.25) is 0 Å². The van der Waals surface area contributed by atoms with E-state index in [0.29, 0.717) is 0 Å². The number of hydrogen-bond donors (Lipinski definition) is 0. The Balaban J connectivity index is 1.62. The Morgan fingerprint density at radius 1 is 0.595 bits per heavy atom. The van der Waals surface area contributed by atoms with Gasteiger partial charge in [-0.3, -0.25) is 0 Å². The molecule has 0 nitrogen and oxygen atoms in total. The molecule has 0 heteroatoms. The summed E-state index contributed by atoms with van der Waals surface area (Å²) in [5, 5.41) is 7.76. The monoisotopic (exact) mass is 542 g/mol. The first kappa shape index (κ1) is 27.5. The maximum Gasteiger partial charge on any atom is -0.00201 e. The highest BCUT2D eigenvalue weighted by Gasteiger charge is 2.18. The van der Waals surface area contributed by atoms with E-state index in [9.17, 15) is 0 Å². The molecule has 0 spiro atoms. The molecule has 0 heterocycles. The Morgan fingerprint density at radius 2 is 1.12 bits per heavy atom. The molecule has 6 aromatic carbocycles. The van der Waals surface area contributed by atoms with Crippen LogP contribution in [-0.4, -0.2) is 0 Å². The van der Waals surface area contributed by atoms with Crippen LogP contribution in [-0.2, 0) is 0 Å². The lowest BCUT2D eigenvalue weighted by atomic mass is 9.84. The summed E-state index contributed by atoms with van der Waals surface area (Å²) in [6.07, 6.45) is 7.72. The lowest BCUT2D eigenvalue weighted by Gasteiger charge is -2.19. The SMILES string of the molecule is C\C=C/C(C)=C(\C=C(/C)CC)c1ccc(-c2c3ccccc3c(-c3ccc(C)c4ccccc34)c3ccccc23)cc1. The van der Waals surface area contributed by atoms with Gasteiger partial charge in [0.05, 0.1) is 0 Å². The summed E-state index contributed by atoms with van der Waals surface area (Å²) in [6, 6.07) is 40.5. The third kappa shape index (κ3) is 4.88. The number of allylic oxidation sites excluding steroid dienone is 6. The third-order valence-corrected chi connectivity index (χ3v) is 8.62. The molecule has 6 rings (SSSR count). The minimum absolute atomic E-state index is 1.05. The van der Waals surface area contributed by atoms with Crippen molar-refractivity contribution in [3.05, 3.63) is 150 Å². The van der Waals surface area contributed by atoms with Crippen LogP contribution in [0.3, 0.4) is 0 Å². The number of rotatable bonds is 6. The van der Waals surface area contributed by atoms with E-state index in [2.05, 4.69) is 162 Å². The normalized spacial score (nSPS) is 12.9. The Hall–Kier alpha value is -4.68. The van der Waals surface area contributed by atoms with Gasteiger partial charge >= 0.3 is 0 Å². The Morgan fingerprint density at radius 3 is 1.67 bits per heavy atom. The molecule has 0 atom stereocenters. The van der Waals surface area contributed by atoms with Gasteiger partial charge in [0, 0.05) is 0 Å². The Kier molecular flexibility index (Phi) is 7.64. The van der Waals surface area contributed by atoms with Crippen molar-refractivity contribution in [2.75, 3.05) is 0 Å². The highest BCUT2D eigenvalue weighted by molar-refractivity contribution is 6.23. The molecule has 0 aliphatic carbocycles. The molecule has 0 aliphatic rings. The van der Waals surface area contributed by atoms with Crippen molar-refractivity contribution in [3.63, 3.8) is 0 Å². The van der Waals surface area contributed by atoms with Crippen LogP contribution in [0.5, 0.6) is 0 Å². The van der Waals surface area contributed by atoms with Crippen molar-refractivity contribution in [3.8, 4) is 22.3 Å². The minimum atomic E-state index is 1.05. The summed E-state index contributed by atoms with van der Waals surface area (Å²) >= 11 is 0. The zero-order valence-electron chi connectivity index (χ0n) is 25.3. The van der Waals surface area contributed by atoms with Crippen LogP contribution in [0.25, 0.3) is 60.1 Å². The van der Waals surface area contributed by atoms with Crippen LogP contribution in [0.4, 0.5) is 0 Å². The molecule has 0 unspecified atom stereocenters. The van der Waals surface area contributed by atoms with E-state index in [-0.39, 0.29) is 0 Å². The molecular weight excluding hydrogens is 504 g/mol. The molecule has 0 radical (unpaired) electrons. The van der Waals surface area contributed by atoms with Crippen LogP contribution < -0.4 is 0 Å². The standard InChI is InChI=1S/C42H38/c1-6-14-29(4)40(27-28(3)7-2)31-22-24-32(25-23-31)41-35-17-10-12-19-37(35)42(38-20-13-11-18-36(38)41)39-26-21-30(5)33-15-8-9-16-34(33)39/h6,8-27H,7H2,1-5H3/b14-6-,28-27+,40-29+. The average molecular weight is 543 g/mol. The van der Waals surface area contributed by atoms with Gasteiger partial charge in [-0.05, 0) is 111 Å². The molecule has 0 bridgehead atoms. The molecule has 0 fully saturated rings. The smallest absolute Gasteiger partial charge is 0.00201 e. The molecule has 42 heavy (non-hydrogen) atoms. The van der Waals surface area contributed by atoms with Gasteiger partial charge < -0.3 is 0 Å². The molecule has 0 saturated carbocycles. The van der Waals surface area contributed by atoms with E-state index < -0.39 is 0 Å². The minimum Gasteiger partial charge on any atom is -0.0874 e. The lowest BCUT2D eigenvalue weighted by Crippen LogP contribution is -1.93. The van der Waals surface area contributed by atoms with Gasteiger partial charge in [-0.1, -0.05) is 140 Å². The molecule has 0 saturated heterocycles. The van der Waals surface area contributed by atoms with Gasteiger partial charge in [-0.15, -0.1) is 0 Å². The van der Waals surface area contributed by atoms with Crippen LogP contribution >= 0.6 is 0 Å². The molecule has 0 aromatic heterocycles. The summed E-state index contributed by atoms with van der Waals surface area (Å²) in [5.41, 5.74) is 11.6.